The minimum atomic E-state index is -2.59. The maximum Gasteiger partial charge on any atom is 0.298 e. The number of alkyl halides is 2. The van der Waals surface area contributed by atoms with E-state index in [9.17, 15) is 32.8 Å². The van der Waals surface area contributed by atoms with Crippen LogP contribution in [0.3, 0.4) is 0 Å². The van der Waals surface area contributed by atoms with Gasteiger partial charge in [0.25, 0.3) is 18.1 Å². The summed E-state index contributed by atoms with van der Waals surface area (Å²) < 4.78 is 30.1. The molecule has 4 amide bonds. The maximum absolute atomic E-state index is 14.3. The number of nitrogens with one attached hydrogen (secondary N) is 3. The van der Waals surface area contributed by atoms with Crippen LogP contribution in [0.2, 0.25) is 0 Å². The van der Waals surface area contributed by atoms with Gasteiger partial charge in [-0.05, 0) is 99.9 Å². The van der Waals surface area contributed by atoms with Gasteiger partial charge in [-0.15, -0.1) is 0 Å². The van der Waals surface area contributed by atoms with Gasteiger partial charge in [0, 0.05) is 98.6 Å². The maximum atomic E-state index is 14.3. The van der Waals surface area contributed by atoms with E-state index in [1.807, 2.05) is 23.3 Å². The monoisotopic (exact) mass is 845 g/mol. The molecule has 2 aromatic carbocycles. The first kappa shape index (κ1) is 46.4. The number of primary amides is 1. The first-order chi connectivity index (χ1) is 29.2. The molecule has 1 fully saturated rings. The second-order valence-corrected chi connectivity index (χ2v) is 16.2. The van der Waals surface area contributed by atoms with Crippen molar-refractivity contribution in [3.63, 3.8) is 0 Å². The molecule has 1 saturated heterocycles. The number of piperidine rings is 1. The van der Waals surface area contributed by atoms with Gasteiger partial charge >= 0.3 is 0 Å². The topological polar surface area (TPSA) is 175 Å². The highest BCUT2D eigenvalue weighted by atomic mass is 19.3. The van der Waals surface area contributed by atoms with Gasteiger partial charge in [0.1, 0.15) is 0 Å². The smallest absolute Gasteiger partial charge is 0.298 e. The van der Waals surface area contributed by atoms with Crippen molar-refractivity contribution >= 4 is 40.8 Å². The molecule has 330 valence electrons. The lowest BCUT2D eigenvalue weighted by Gasteiger charge is -2.36. The molecule has 0 saturated carbocycles. The Labute approximate surface area is 357 Å². The molecule has 14 nitrogen and oxygen atoms in total. The number of nitrogens with zero attached hydrogens (tertiary/aromatic N) is 5. The van der Waals surface area contributed by atoms with Crippen LogP contribution in [-0.2, 0) is 27.9 Å². The largest absolute Gasteiger partial charge is 0.386 e. The van der Waals surface area contributed by atoms with E-state index in [-0.39, 0.29) is 35.1 Å². The highest BCUT2D eigenvalue weighted by Gasteiger charge is 2.27. The molecule has 2 aliphatic rings. The van der Waals surface area contributed by atoms with E-state index in [4.69, 9.17) is 5.73 Å². The van der Waals surface area contributed by atoms with Gasteiger partial charge in [-0.3, -0.25) is 38.9 Å². The summed E-state index contributed by atoms with van der Waals surface area (Å²) in [6.45, 7) is 10.2. The molecule has 0 unspecified atom stereocenters. The standard InChI is InChI=1S/C45H61F2N9O5/c1-5-11-40(57)52-45(61)42(59)37-25-34(14-15-35(37)44(48)60)49-19-9-7-6-8-13-41(58)55-22-17-33(18-23-55)51-30(2)16-21-53(3)29-56-20-10-12-31-24-36(32-27-50-54(4)28-32)38(43(46)47)26-39(31)56/h14-15,24-28,33,43,49,51H,2,5-13,16-23,29H2,1,3-4H3,(H2,48,60)(H,52,57,61). The number of nitrogens with two attached hydrogens (primary N) is 1. The van der Waals surface area contributed by atoms with Crippen LogP contribution in [0.5, 0.6) is 0 Å². The lowest BCUT2D eigenvalue weighted by Crippen LogP contribution is -2.45. The summed E-state index contributed by atoms with van der Waals surface area (Å²) in [6.07, 6.45) is 9.51. The molecule has 0 spiro atoms. The predicted octanol–water partition coefficient (Wildman–Crippen LogP) is 5.94. The molecule has 2 aliphatic heterocycles. The minimum absolute atomic E-state index is 0.0299. The normalized spacial score (nSPS) is 14.2. The van der Waals surface area contributed by atoms with Crippen molar-refractivity contribution in [1.29, 1.82) is 0 Å². The summed E-state index contributed by atoms with van der Waals surface area (Å²) in [6, 6.07) is 8.22. The number of hydrogen-bond donors (Lipinski definition) is 4. The number of ketones is 1. The zero-order chi connectivity index (χ0) is 44.1. The number of hydrogen-bond acceptors (Lipinski definition) is 10. The van der Waals surface area contributed by atoms with Gasteiger partial charge in [-0.25, -0.2) is 8.78 Å². The van der Waals surface area contributed by atoms with Gasteiger partial charge in [-0.1, -0.05) is 26.3 Å². The molecule has 16 heteroatoms. The average Bonchev–Trinajstić information content (AvgIpc) is 3.67. The van der Waals surface area contributed by atoms with E-state index < -0.39 is 29.9 Å². The Hall–Kier alpha value is -5.64. The van der Waals surface area contributed by atoms with Gasteiger partial charge in [-0.2, -0.15) is 5.10 Å². The molecule has 0 bridgehead atoms. The Balaban J connectivity index is 0.961. The number of imide groups is 1. The molecule has 61 heavy (non-hydrogen) atoms. The predicted molar refractivity (Wildman–Crippen MR) is 232 cm³/mol. The van der Waals surface area contributed by atoms with E-state index in [1.165, 1.54) is 12.1 Å². The second kappa shape index (κ2) is 22.3. The number of aromatic nitrogens is 2. The number of aryl methyl sites for hydroxylation is 2. The molecule has 0 aliphatic carbocycles. The molecule has 0 atom stereocenters. The molecule has 5 N–H and O–H groups in total. The molecule has 3 aromatic rings. The molecule has 0 radical (unpaired) electrons. The number of fused-ring (bicyclic) bond motifs is 1. The van der Waals surface area contributed by atoms with Gasteiger partial charge in [0.05, 0.1) is 18.4 Å². The van der Waals surface area contributed by atoms with Crippen molar-refractivity contribution in [3.8, 4) is 11.1 Å². The number of rotatable bonds is 22. The fraction of sp³-hybridized carbons (Fsp3) is 0.511. The summed E-state index contributed by atoms with van der Waals surface area (Å²) in [5.74, 6) is -3.38. The first-order valence-corrected chi connectivity index (χ1v) is 21.4. The van der Waals surface area contributed by atoms with Crippen LogP contribution in [0.4, 0.5) is 20.2 Å². The Morgan fingerprint density at radius 2 is 1.74 bits per heavy atom. The van der Waals surface area contributed by atoms with E-state index >= 15 is 0 Å². The molecular formula is C45H61F2N9O5. The van der Waals surface area contributed by atoms with Crippen LogP contribution in [0.1, 0.15) is 116 Å². The molecule has 5 rings (SSSR count). The summed E-state index contributed by atoms with van der Waals surface area (Å²) >= 11 is 0. The Bertz CT molecular complexity index is 2050. The lowest BCUT2D eigenvalue weighted by molar-refractivity contribution is -0.132. The number of carbonyl (C=O) groups is 5. The number of Topliss-reactive ketones (excluding diaryl/α,β-unsaturated/α-hetero) is 1. The Morgan fingerprint density at radius 3 is 2.43 bits per heavy atom. The van der Waals surface area contributed by atoms with Crippen molar-refractivity contribution in [1.82, 2.24) is 30.2 Å². The van der Waals surface area contributed by atoms with Crippen molar-refractivity contribution in [3.05, 3.63) is 77.3 Å². The lowest BCUT2D eigenvalue weighted by atomic mass is 9.93. The summed E-state index contributed by atoms with van der Waals surface area (Å²) in [5, 5.41) is 13.0. The van der Waals surface area contributed by atoms with E-state index in [1.54, 1.807) is 43.2 Å². The number of anilines is 2. The first-order valence-electron chi connectivity index (χ1n) is 21.4. The van der Waals surface area contributed by atoms with Crippen LogP contribution in [0.15, 0.2) is 55.0 Å². The number of unbranched alkanes of at least 4 members (excludes halogenated alkanes) is 3. The number of halogens is 2. The van der Waals surface area contributed by atoms with Crippen LogP contribution < -0.4 is 26.6 Å². The van der Waals surface area contributed by atoms with Crippen LogP contribution in [0.25, 0.3) is 11.1 Å². The highest BCUT2D eigenvalue weighted by Crippen LogP contribution is 2.39. The summed E-state index contributed by atoms with van der Waals surface area (Å²) in [4.78, 5) is 68.1. The number of amides is 4. The minimum Gasteiger partial charge on any atom is -0.386 e. The van der Waals surface area contributed by atoms with E-state index in [2.05, 4.69) is 32.1 Å². The SMILES string of the molecule is C=C(CCN(C)CN1CCCc2cc(-c3cnn(C)c3)c(C(F)F)cc21)NC1CCN(C(=O)CCCCCCNc2ccc(C(N)=O)c(C(=O)C(=O)NC(=O)CCC)c2)CC1. The third kappa shape index (κ3) is 13.2. The highest BCUT2D eigenvalue weighted by molar-refractivity contribution is 6.46. The van der Waals surface area contributed by atoms with E-state index in [0.717, 1.165) is 87.8 Å². The quantitative estimate of drug-likeness (QED) is 0.0539. The summed E-state index contributed by atoms with van der Waals surface area (Å²) in [5.41, 5.74) is 9.86. The van der Waals surface area contributed by atoms with Gasteiger partial charge in [0.15, 0.2) is 0 Å². The Kier molecular flexibility index (Phi) is 17.0. The van der Waals surface area contributed by atoms with Crippen molar-refractivity contribution in [2.45, 2.75) is 96.4 Å². The molecule has 3 heterocycles. The second-order valence-electron chi connectivity index (χ2n) is 16.2. The number of carbonyl (C=O) groups excluding carboxylic acids is 5. The van der Waals surface area contributed by atoms with Gasteiger partial charge < -0.3 is 26.2 Å². The van der Waals surface area contributed by atoms with Crippen LogP contribution >= 0.6 is 0 Å². The van der Waals surface area contributed by atoms with Crippen molar-refractivity contribution < 1.29 is 32.8 Å². The fourth-order valence-corrected chi connectivity index (χ4v) is 7.98. The third-order valence-electron chi connectivity index (χ3n) is 11.3. The summed E-state index contributed by atoms with van der Waals surface area (Å²) in [7, 11) is 3.82. The number of benzene rings is 2. The van der Waals surface area contributed by atoms with Crippen LogP contribution in [-0.4, -0.2) is 101 Å². The Morgan fingerprint density at radius 1 is 0.984 bits per heavy atom. The van der Waals surface area contributed by atoms with Crippen molar-refractivity contribution in [2.24, 2.45) is 12.8 Å². The zero-order valence-electron chi connectivity index (χ0n) is 35.7. The fourth-order valence-electron chi connectivity index (χ4n) is 7.98. The average molecular weight is 846 g/mol. The van der Waals surface area contributed by atoms with E-state index in [0.29, 0.717) is 56.0 Å². The zero-order valence-corrected chi connectivity index (χ0v) is 35.7. The van der Waals surface area contributed by atoms with Crippen LogP contribution in [0, 0.1) is 0 Å². The van der Waals surface area contributed by atoms with Crippen molar-refractivity contribution in [2.75, 3.05) is 56.7 Å². The van der Waals surface area contributed by atoms with Gasteiger partial charge in [0.2, 0.25) is 17.7 Å². The molecular weight excluding hydrogens is 785 g/mol. The third-order valence-corrected chi connectivity index (χ3v) is 11.3. The molecule has 1 aromatic heterocycles. The number of likely N-dealkylation sites (tertiary alicyclic amines) is 1.